The van der Waals surface area contributed by atoms with Crippen LogP contribution in [0.1, 0.15) is 41.5 Å². The average Bonchev–Trinajstić information content (AvgIpc) is 1.79. The Hall–Kier alpha value is 0.160. The van der Waals surface area contributed by atoms with Crippen molar-refractivity contribution in [2.24, 2.45) is 5.41 Å². The van der Waals surface area contributed by atoms with Crippen LogP contribution in [0.3, 0.4) is 0 Å². The molecule has 0 amide bonds. The molecule has 0 atom stereocenters. The number of hydrogen-bond acceptors (Lipinski definition) is 3. The molecule has 0 aromatic heterocycles. The normalized spacial score (nSPS) is 13.8. The van der Waals surface area contributed by atoms with Crippen molar-refractivity contribution < 1.29 is 10.9 Å². The van der Waals surface area contributed by atoms with Gasteiger partial charge < -0.3 is 0 Å². The molecule has 14 heavy (non-hydrogen) atoms. The summed E-state index contributed by atoms with van der Waals surface area (Å²) in [4.78, 5) is 13.4. The Morgan fingerprint density at radius 3 is 1.79 bits per heavy atom. The predicted molar refractivity (Wildman–Crippen MR) is 66.3 cm³/mol. The van der Waals surface area contributed by atoms with Gasteiger partial charge in [-0.3, -0.25) is 0 Å². The van der Waals surface area contributed by atoms with E-state index in [0.717, 1.165) is 0 Å². The third-order valence-corrected chi connectivity index (χ3v) is 4.09. The first-order valence-electron chi connectivity index (χ1n) is 4.55. The number of carbonyl (C=O) groups is 1. The van der Waals surface area contributed by atoms with E-state index in [2.05, 4.69) is 0 Å². The molecule has 0 saturated carbocycles. The van der Waals surface area contributed by atoms with Crippen LogP contribution in [0.25, 0.3) is 0 Å². The fraction of sp³-hybridized carbons (Fsp3) is 0.900. The summed E-state index contributed by atoms with van der Waals surface area (Å²) in [6.45, 7) is 11.4. The van der Waals surface area contributed by atoms with Gasteiger partial charge in [-0.05, 0) is 0 Å². The van der Waals surface area contributed by atoms with Gasteiger partial charge in [-0.15, -0.1) is 0 Å². The van der Waals surface area contributed by atoms with E-state index in [4.69, 9.17) is 6.13 Å². The maximum atomic E-state index is 11.5. The first kappa shape index (κ1) is 14.2. The van der Waals surface area contributed by atoms with E-state index in [1.165, 1.54) is 0 Å². The molecule has 0 aromatic rings. The maximum absolute atomic E-state index is 11.5. The van der Waals surface area contributed by atoms with E-state index in [9.17, 15) is 4.79 Å². The van der Waals surface area contributed by atoms with Crippen molar-refractivity contribution in [1.82, 2.24) is 0 Å². The summed E-state index contributed by atoms with van der Waals surface area (Å²) < 4.78 is 10.9. The summed E-state index contributed by atoms with van der Waals surface area (Å²) in [7, 11) is 0. The van der Waals surface area contributed by atoms with Crippen molar-refractivity contribution >= 4 is 26.6 Å². The SMILES string of the molecule is CI(OC(=O)C(C)(C)C)OC(C)(C)C. The number of alkyl halides is 1. The molecule has 0 N–H and O–H groups in total. The number of rotatable bonds is 2. The Bertz CT molecular complexity index is 200. The molecule has 0 spiro atoms. The minimum atomic E-state index is -2.01. The van der Waals surface area contributed by atoms with Crippen molar-refractivity contribution in [3.63, 3.8) is 0 Å². The number of carbonyl (C=O) groups excluding carboxylic acids is 1. The van der Waals surface area contributed by atoms with Crippen LogP contribution in [-0.4, -0.2) is 16.5 Å². The summed E-state index contributed by atoms with van der Waals surface area (Å²) in [5.74, 6) is -0.172. The fourth-order valence-electron chi connectivity index (χ4n) is 0.556. The van der Waals surface area contributed by atoms with Crippen LogP contribution in [0, 0.1) is 5.41 Å². The second-order valence-electron chi connectivity index (χ2n) is 5.18. The van der Waals surface area contributed by atoms with Gasteiger partial charge in [-0.1, -0.05) is 0 Å². The summed E-state index contributed by atoms with van der Waals surface area (Å²) in [5, 5.41) is 0. The molecule has 0 aliphatic rings. The van der Waals surface area contributed by atoms with E-state index in [1.54, 1.807) is 0 Å². The second-order valence-corrected chi connectivity index (χ2v) is 8.18. The average molecular weight is 316 g/mol. The van der Waals surface area contributed by atoms with E-state index in [1.807, 2.05) is 46.5 Å². The molecule has 0 radical (unpaired) electrons. The zero-order valence-electron chi connectivity index (χ0n) is 10.1. The molecular formula is C10H21IO3. The van der Waals surface area contributed by atoms with E-state index >= 15 is 0 Å². The Morgan fingerprint density at radius 1 is 1.07 bits per heavy atom. The predicted octanol–water partition coefficient (Wildman–Crippen LogP) is 3.36. The zero-order chi connectivity index (χ0) is 11.6. The minimum absolute atomic E-state index is 0.172. The summed E-state index contributed by atoms with van der Waals surface area (Å²) in [5.41, 5.74) is -0.662. The van der Waals surface area contributed by atoms with Gasteiger partial charge in [-0.25, -0.2) is 0 Å². The van der Waals surface area contributed by atoms with Crippen LogP contribution < -0.4 is 0 Å². The van der Waals surface area contributed by atoms with Crippen molar-refractivity contribution in [2.45, 2.75) is 47.1 Å². The molecule has 0 heterocycles. The molecule has 0 fully saturated rings. The molecular weight excluding hydrogens is 295 g/mol. The van der Waals surface area contributed by atoms with Crippen molar-refractivity contribution in [2.75, 3.05) is 4.93 Å². The second kappa shape index (κ2) is 4.79. The fourth-order valence-corrected chi connectivity index (χ4v) is 3.73. The third-order valence-electron chi connectivity index (χ3n) is 1.13. The standard InChI is InChI=1S/C10H21IO3/c1-9(2,3)8(12)13-11(7)14-10(4,5)6/h1-7H3. The first-order valence-corrected chi connectivity index (χ1v) is 8.47. The van der Waals surface area contributed by atoms with Crippen LogP contribution in [0.15, 0.2) is 0 Å². The van der Waals surface area contributed by atoms with Crippen LogP contribution in [0.5, 0.6) is 0 Å². The molecule has 0 bridgehead atoms. The molecule has 0 aromatic carbocycles. The van der Waals surface area contributed by atoms with Crippen molar-refractivity contribution in [3.8, 4) is 0 Å². The monoisotopic (exact) mass is 316 g/mol. The number of halogens is 1. The Morgan fingerprint density at radius 2 is 1.50 bits per heavy atom. The number of hydrogen-bond donors (Lipinski definition) is 0. The van der Waals surface area contributed by atoms with Gasteiger partial charge >= 0.3 is 95.0 Å². The zero-order valence-corrected chi connectivity index (χ0v) is 12.3. The van der Waals surface area contributed by atoms with Gasteiger partial charge in [0.15, 0.2) is 0 Å². The van der Waals surface area contributed by atoms with Gasteiger partial charge in [0.05, 0.1) is 0 Å². The Labute approximate surface area is 95.0 Å². The van der Waals surface area contributed by atoms with E-state index in [-0.39, 0.29) is 11.6 Å². The molecule has 0 unspecified atom stereocenters. The molecule has 86 valence electrons. The Balaban J connectivity index is 4.09. The molecule has 0 aliphatic heterocycles. The topological polar surface area (TPSA) is 35.5 Å². The van der Waals surface area contributed by atoms with Gasteiger partial charge in [0.25, 0.3) is 0 Å². The van der Waals surface area contributed by atoms with E-state index < -0.39 is 26.1 Å². The van der Waals surface area contributed by atoms with E-state index in [0.29, 0.717) is 0 Å². The van der Waals surface area contributed by atoms with Gasteiger partial charge in [0, 0.05) is 0 Å². The molecule has 4 heteroatoms. The van der Waals surface area contributed by atoms with Crippen LogP contribution in [0.2, 0.25) is 0 Å². The van der Waals surface area contributed by atoms with Gasteiger partial charge in [0.1, 0.15) is 0 Å². The molecule has 0 saturated heterocycles. The molecule has 0 rings (SSSR count). The van der Waals surface area contributed by atoms with Crippen LogP contribution >= 0.6 is 20.6 Å². The summed E-state index contributed by atoms with van der Waals surface area (Å²) >= 11 is -2.01. The van der Waals surface area contributed by atoms with Crippen LogP contribution in [-0.2, 0) is 10.9 Å². The molecule has 0 aliphatic carbocycles. The van der Waals surface area contributed by atoms with Crippen molar-refractivity contribution in [1.29, 1.82) is 0 Å². The summed E-state index contributed by atoms with van der Waals surface area (Å²) in [6.07, 6.45) is 0. The van der Waals surface area contributed by atoms with Gasteiger partial charge in [0.2, 0.25) is 0 Å². The summed E-state index contributed by atoms with van der Waals surface area (Å²) in [6, 6.07) is 0. The van der Waals surface area contributed by atoms with Crippen molar-refractivity contribution in [3.05, 3.63) is 0 Å². The third kappa shape index (κ3) is 6.59. The van der Waals surface area contributed by atoms with Crippen LogP contribution in [0.4, 0.5) is 0 Å². The quantitative estimate of drug-likeness (QED) is 0.579. The first-order chi connectivity index (χ1) is 6.02. The molecule has 3 nitrogen and oxygen atoms in total. The Kier molecular flexibility index (Phi) is 4.84. The van der Waals surface area contributed by atoms with Gasteiger partial charge in [-0.2, -0.15) is 0 Å².